The van der Waals surface area contributed by atoms with E-state index in [9.17, 15) is 22.8 Å². The van der Waals surface area contributed by atoms with Crippen LogP contribution in [0.4, 0.5) is 18.9 Å². The van der Waals surface area contributed by atoms with Crippen molar-refractivity contribution in [2.75, 3.05) is 18.5 Å². The quantitative estimate of drug-likeness (QED) is 0.819. The van der Waals surface area contributed by atoms with Gasteiger partial charge in [-0.3, -0.25) is 9.59 Å². The number of rotatable bonds is 4. The Balaban J connectivity index is 1.54. The Morgan fingerprint density at radius 3 is 2.65 bits per heavy atom. The molecule has 0 radical (unpaired) electrons. The number of ether oxygens (including phenoxy) is 1. The summed E-state index contributed by atoms with van der Waals surface area (Å²) in [6.45, 7) is -0.252. The highest BCUT2D eigenvalue weighted by atomic mass is 19.2. The highest BCUT2D eigenvalue weighted by molar-refractivity contribution is 5.95. The smallest absolute Gasteiger partial charge is 0.243 e. The fourth-order valence-corrected chi connectivity index (χ4v) is 2.62. The van der Waals surface area contributed by atoms with E-state index in [0.29, 0.717) is 12.5 Å². The molecule has 1 atom stereocenters. The summed E-state index contributed by atoms with van der Waals surface area (Å²) < 4.78 is 45.0. The van der Waals surface area contributed by atoms with Crippen LogP contribution in [0.5, 0.6) is 5.75 Å². The summed E-state index contributed by atoms with van der Waals surface area (Å²) in [6, 6.07) is 8.94. The number of hydrogen-bond acceptors (Lipinski definition) is 3. The maximum Gasteiger partial charge on any atom is 0.243 e. The third-order valence-electron chi connectivity index (χ3n) is 3.98. The minimum absolute atomic E-state index is 0.183. The summed E-state index contributed by atoms with van der Waals surface area (Å²) in [5.41, 5.74) is 0.394. The summed E-state index contributed by atoms with van der Waals surface area (Å²) in [5.74, 6) is -5.42. The normalized spacial score (nSPS) is 15.6. The van der Waals surface area contributed by atoms with Crippen LogP contribution in [-0.4, -0.2) is 25.0 Å². The first-order valence-electron chi connectivity index (χ1n) is 7.87. The van der Waals surface area contributed by atoms with Crippen LogP contribution in [0, 0.1) is 23.4 Å². The standard InChI is InChI=1S/C18H15F3N2O3/c19-12-5-6-13(17(21)16(12)20)23-15(24)8-22-18(25)11-7-10-3-1-2-4-14(10)26-9-11/h1-6,11H,7-9H2,(H,22,25)(H,23,24)/t11-/m0/s1. The van der Waals surface area contributed by atoms with Crippen LogP contribution < -0.4 is 15.4 Å². The summed E-state index contributed by atoms with van der Waals surface area (Å²) in [6.07, 6.45) is 0.474. The second kappa shape index (κ2) is 7.47. The minimum Gasteiger partial charge on any atom is -0.492 e. The molecule has 0 unspecified atom stereocenters. The molecule has 0 aromatic heterocycles. The van der Waals surface area contributed by atoms with E-state index in [1.807, 2.05) is 24.3 Å². The van der Waals surface area contributed by atoms with Gasteiger partial charge in [0.1, 0.15) is 12.4 Å². The Morgan fingerprint density at radius 1 is 1.08 bits per heavy atom. The highest BCUT2D eigenvalue weighted by Crippen LogP contribution is 2.26. The summed E-state index contributed by atoms with van der Waals surface area (Å²) in [5, 5.41) is 4.51. The second-order valence-electron chi connectivity index (χ2n) is 5.81. The lowest BCUT2D eigenvalue weighted by molar-refractivity contribution is -0.128. The largest absolute Gasteiger partial charge is 0.492 e. The maximum absolute atomic E-state index is 13.5. The fourth-order valence-electron chi connectivity index (χ4n) is 2.62. The molecule has 2 aromatic carbocycles. The van der Waals surface area contributed by atoms with Crippen molar-refractivity contribution in [3.05, 3.63) is 59.4 Å². The molecule has 3 rings (SSSR count). The third-order valence-corrected chi connectivity index (χ3v) is 3.98. The van der Waals surface area contributed by atoms with Crippen LogP contribution in [-0.2, 0) is 16.0 Å². The lowest BCUT2D eigenvalue weighted by Crippen LogP contribution is -2.40. The van der Waals surface area contributed by atoms with Crippen LogP contribution in [0.15, 0.2) is 36.4 Å². The number of hydrogen-bond donors (Lipinski definition) is 2. The average molecular weight is 364 g/mol. The number of carbonyl (C=O) groups is 2. The number of benzene rings is 2. The summed E-state index contributed by atoms with van der Waals surface area (Å²) in [7, 11) is 0. The topological polar surface area (TPSA) is 67.4 Å². The van der Waals surface area contributed by atoms with Gasteiger partial charge in [0.05, 0.1) is 18.2 Å². The Hall–Kier alpha value is -3.03. The van der Waals surface area contributed by atoms with Crippen molar-refractivity contribution in [1.82, 2.24) is 5.32 Å². The van der Waals surface area contributed by atoms with Crippen LogP contribution in [0.3, 0.4) is 0 Å². The van der Waals surface area contributed by atoms with Crippen molar-refractivity contribution in [2.45, 2.75) is 6.42 Å². The monoisotopic (exact) mass is 364 g/mol. The Labute approximate surface area is 147 Å². The zero-order chi connectivity index (χ0) is 18.7. The Morgan fingerprint density at radius 2 is 1.85 bits per heavy atom. The number of para-hydroxylation sites is 1. The molecule has 0 saturated carbocycles. The van der Waals surface area contributed by atoms with Gasteiger partial charge in [-0.25, -0.2) is 13.2 Å². The first-order chi connectivity index (χ1) is 12.5. The van der Waals surface area contributed by atoms with E-state index in [2.05, 4.69) is 10.6 Å². The number of anilines is 1. The molecule has 1 aliphatic rings. The minimum atomic E-state index is -1.68. The number of halogens is 3. The van der Waals surface area contributed by atoms with Gasteiger partial charge < -0.3 is 15.4 Å². The average Bonchev–Trinajstić information content (AvgIpc) is 2.66. The molecule has 0 spiro atoms. The summed E-state index contributed by atoms with van der Waals surface area (Å²) >= 11 is 0. The van der Waals surface area contributed by atoms with Crippen molar-refractivity contribution >= 4 is 17.5 Å². The van der Waals surface area contributed by atoms with Gasteiger partial charge in [0.15, 0.2) is 17.5 Å². The van der Waals surface area contributed by atoms with Gasteiger partial charge in [-0.15, -0.1) is 0 Å². The van der Waals surface area contributed by atoms with Crippen LogP contribution >= 0.6 is 0 Å². The van der Waals surface area contributed by atoms with E-state index in [0.717, 1.165) is 17.4 Å². The molecule has 1 aliphatic heterocycles. The first-order valence-corrected chi connectivity index (χ1v) is 7.87. The van der Waals surface area contributed by atoms with Crippen LogP contribution in [0.1, 0.15) is 5.56 Å². The molecular formula is C18H15F3N2O3. The zero-order valence-electron chi connectivity index (χ0n) is 13.5. The van der Waals surface area contributed by atoms with Gasteiger partial charge in [-0.05, 0) is 30.2 Å². The predicted molar refractivity (Wildman–Crippen MR) is 87.1 cm³/mol. The van der Waals surface area contributed by atoms with Gasteiger partial charge >= 0.3 is 0 Å². The molecule has 2 N–H and O–H groups in total. The van der Waals surface area contributed by atoms with Crippen molar-refractivity contribution in [3.63, 3.8) is 0 Å². The SMILES string of the molecule is O=C(CNC(=O)[C@@H]1COc2ccccc2C1)Nc1ccc(F)c(F)c1F. The molecule has 0 saturated heterocycles. The van der Waals surface area contributed by atoms with Crippen molar-refractivity contribution in [2.24, 2.45) is 5.92 Å². The molecule has 136 valence electrons. The van der Waals surface area contributed by atoms with Gasteiger partial charge in [0, 0.05) is 0 Å². The summed E-state index contributed by atoms with van der Waals surface area (Å²) in [4.78, 5) is 24.0. The predicted octanol–water partition coefficient (Wildman–Crippen LogP) is 2.41. The van der Waals surface area contributed by atoms with Gasteiger partial charge in [-0.1, -0.05) is 18.2 Å². The molecule has 2 amide bonds. The first kappa shape index (κ1) is 17.8. The highest BCUT2D eigenvalue weighted by Gasteiger charge is 2.26. The van der Waals surface area contributed by atoms with Gasteiger partial charge in [0.25, 0.3) is 0 Å². The molecule has 2 aromatic rings. The van der Waals surface area contributed by atoms with E-state index in [1.54, 1.807) is 0 Å². The number of nitrogens with one attached hydrogen (secondary N) is 2. The Kier molecular flexibility index (Phi) is 5.11. The van der Waals surface area contributed by atoms with E-state index in [-0.39, 0.29) is 12.5 Å². The maximum atomic E-state index is 13.5. The molecule has 0 bridgehead atoms. The number of fused-ring (bicyclic) bond motifs is 1. The Bertz CT molecular complexity index is 858. The van der Waals surface area contributed by atoms with Crippen molar-refractivity contribution in [1.29, 1.82) is 0 Å². The number of carbonyl (C=O) groups excluding carboxylic acids is 2. The third kappa shape index (κ3) is 3.79. The van der Waals surface area contributed by atoms with E-state index in [4.69, 9.17) is 4.74 Å². The van der Waals surface area contributed by atoms with Crippen molar-refractivity contribution in [3.8, 4) is 5.75 Å². The van der Waals surface area contributed by atoms with Crippen LogP contribution in [0.25, 0.3) is 0 Å². The molecule has 26 heavy (non-hydrogen) atoms. The van der Waals surface area contributed by atoms with E-state index >= 15 is 0 Å². The fraction of sp³-hybridized carbons (Fsp3) is 0.222. The molecule has 1 heterocycles. The number of amides is 2. The van der Waals surface area contributed by atoms with Gasteiger partial charge in [-0.2, -0.15) is 0 Å². The molecule has 8 heteroatoms. The second-order valence-corrected chi connectivity index (χ2v) is 5.81. The van der Waals surface area contributed by atoms with Crippen molar-refractivity contribution < 1.29 is 27.5 Å². The van der Waals surface area contributed by atoms with Gasteiger partial charge in [0.2, 0.25) is 11.8 Å². The zero-order valence-corrected chi connectivity index (χ0v) is 13.5. The van der Waals surface area contributed by atoms with E-state index in [1.165, 1.54) is 0 Å². The molecule has 0 fully saturated rings. The molecular weight excluding hydrogens is 349 g/mol. The van der Waals surface area contributed by atoms with Crippen LogP contribution in [0.2, 0.25) is 0 Å². The lowest BCUT2D eigenvalue weighted by Gasteiger charge is -2.24. The van der Waals surface area contributed by atoms with E-state index < -0.39 is 41.5 Å². The molecule has 5 nitrogen and oxygen atoms in total. The molecule has 0 aliphatic carbocycles. The lowest BCUT2D eigenvalue weighted by atomic mass is 9.96.